The average Bonchev–Trinajstić information content (AvgIpc) is 3.57. The normalized spacial score (nSPS) is 30.4. The molecule has 34 heavy (non-hydrogen) atoms. The minimum atomic E-state index is -0.0692. The number of piperazine rings is 1. The van der Waals surface area contributed by atoms with E-state index in [-0.39, 0.29) is 29.9 Å². The number of nitrogens with one attached hydrogen (secondary N) is 1. The summed E-state index contributed by atoms with van der Waals surface area (Å²) in [6, 6.07) is 11.2. The second-order valence-electron chi connectivity index (χ2n) is 9.69. The predicted molar refractivity (Wildman–Crippen MR) is 128 cm³/mol. The first-order valence-corrected chi connectivity index (χ1v) is 12.3. The molecule has 0 radical (unpaired) electrons. The zero-order chi connectivity index (χ0) is 23.1. The Morgan fingerprint density at radius 2 is 2.00 bits per heavy atom. The molecule has 8 nitrogen and oxygen atoms in total. The van der Waals surface area contributed by atoms with Crippen LogP contribution in [-0.4, -0.2) is 78.8 Å². The van der Waals surface area contributed by atoms with Crippen LogP contribution in [0.2, 0.25) is 0 Å². The molecule has 2 saturated heterocycles. The Balaban J connectivity index is 1.08. The first-order valence-electron chi connectivity index (χ1n) is 12.3. The van der Waals surface area contributed by atoms with E-state index >= 15 is 0 Å². The fourth-order valence-corrected chi connectivity index (χ4v) is 5.49. The van der Waals surface area contributed by atoms with E-state index in [0.29, 0.717) is 13.1 Å². The molecule has 4 aliphatic heterocycles. The predicted octanol–water partition coefficient (Wildman–Crippen LogP) is 1.95. The van der Waals surface area contributed by atoms with Gasteiger partial charge in [-0.1, -0.05) is 24.3 Å². The molecule has 176 valence electrons. The third-order valence-corrected chi connectivity index (χ3v) is 7.62. The van der Waals surface area contributed by atoms with E-state index in [1.165, 1.54) is 22.4 Å². The van der Waals surface area contributed by atoms with E-state index in [4.69, 9.17) is 10.00 Å². The van der Waals surface area contributed by atoms with Crippen LogP contribution in [0, 0.1) is 23.2 Å². The topological polar surface area (TPSA) is 84.2 Å². The number of fused-ring (bicyclic) bond motifs is 1. The number of allylic oxidation sites excluding steroid dienone is 1. The van der Waals surface area contributed by atoms with Crippen molar-refractivity contribution in [2.24, 2.45) is 16.9 Å². The van der Waals surface area contributed by atoms with E-state index in [1.807, 2.05) is 11.1 Å². The molecule has 1 amide bonds. The Hall–Kier alpha value is -3.15. The summed E-state index contributed by atoms with van der Waals surface area (Å²) in [5.41, 5.74) is 5.00. The molecule has 4 atom stereocenters. The van der Waals surface area contributed by atoms with Crippen LogP contribution in [-0.2, 0) is 9.53 Å². The van der Waals surface area contributed by atoms with Gasteiger partial charge in [0.05, 0.1) is 36.7 Å². The molecule has 1 aromatic rings. The van der Waals surface area contributed by atoms with Crippen LogP contribution in [0.4, 0.5) is 0 Å². The number of nitrogens with zero attached hydrogens (tertiary/aromatic N) is 5. The standard InChI is InChI=1S/C26H30N6O2/c27-15-20-13-22(20)26(33)31-10-8-30(9-11-31)23-5-6-29-32-17-21(14-24(23)32)18-1-3-19(4-2-18)25-16-28-7-12-34-25/h1-6,17,20,22,24-25,28H,7-14,16H2/t20-,22+,24?,25?/m1/s1. The average molecular weight is 459 g/mol. The molecule has 4 heterocycles. The van der Waals surface area contributed by atoms with Gasteiger partial charge in [-0.2, -0.15) is 10.4 Å². The van der Waals surface area contributed by atoms with Crippen LogP contribution in [0.5, 0.6) is 0 Å². The summed E-state index contributed by atoms with van der Waals surface area (Å²) in [6.45, 7) is 5.61. The molecule has 1 aromatic carbocycles. The monoisotopic (exact) mass is 458 g/mol. The molecule has 2 unspecified atom stereocenters. The number of amides is 1. The molecule has 0 bridgehead atoms. The largest absolute Gasteiger partial charge is 0.371 e. The summed E-state index contributed by atoms with van der Waals surface area (Å²) < 4.78 is 5.88. The maximum Gasteiger partial charge on any atom is 0.227 e. The van der Waals surface area contributed by atoms with Crippen LogP contribution in [0.1, 0.15) is 30.1 Å². The number of carbonyl (C=O) groups is 1. The molecule has 5 aliphatic rings. The summed E-state index contributed by atoms with van der Waals surface area (Å²) in [6.07, 6.45) is 7.93. The van der Waals surface area contributed by atoms with E-state index < -0.39 is 0 Å². The smallest absolute Gasteiger partial charge is 0.227 e. The maximum absolute atomic E-state index is 12.6. The summed E-state index contributed by atoms with van der Waals surface area (Å²) in [4.78, 5) is 17.0. The van der Waals surface area contributed by atoms with Crippen molar-refractivity contribution in [1.29, 1.82) is 5.26 Å². The number of benzene rings is 1. The van der Waals surface area contributed by atoms with E-state index in [2.05, 4.69) is 62.9 Å². The fraction of sp³-hybridized carbons (Fsp3) is 0.500. The minimum Gasteiger partial charge on any atom is -0.371 e. The summed E-state index contributed by atoms with van der Waals surface area (Å²) in [7, 11) is 0. The second-order valence-corrected chi connectivity index (χ2v) is 9.69. The lowest BCUT2D eigenvalue weighted by atomic mass is 9.97. The van der Waals surface area contributed by atoms with Crippen molar-refractivity contribution in [2.45, 2.75) is 25.0 Å². The molecular weight excluding hydrogens is 428 g/mol. The van der Waals surface area contributed by atoms with Crippen LogP contribution in [0.3, 0.4) is 0 Å². The van der Waals surface area contributed by atoms with Crippen LogP contribution in [0.15, 0.2) is 47.3 Å². The molecule has 1 saturated carbocycles. The van der Waals surface area contributed by atoms with Gasteiger partial charge in [0, 0.05) is 63.8 Å². The van der Waals surface area contributed by atoms with Gasteiger partial charge in [-0.05, 0) is 29.2 Å². The molecule has 0 aromatic heterocycles. The van der Waals surface area contributed by atoms with Crippen molar-refractivity contribution in [2.75, 3.05) is 45.9 Å². The van der Waals surface area contributed by atoms with Gasteiger partial charge in [-0.15, -0.1) is 0 Å². The van der Waals surface area contributed by atoms with Crippen molar-refractivity contribution in [3.63, 3.8) is 0 Å². The van der Waals surface area contributed by atoms with Crippen LogP contribution < -0.4 is 5.32 Å². The molecule has 1 aliphatic carbocycles. The van der Waals surface area contributed by atoms with Gasteiger partial charge < -0.3 is 19.9 Å². The maximum atomic E-state index is 12.6. The van der Waals surface area contributed by atoms with Gasteiger partial charge in [-0.25, -0.2) is 0 Å². The Morgan fingerprint density at radius 3 is 2.71 bits per heavy atom. The number of hydrogen-bond donors (Lipinski definition) is 1. The molecule has 3 fully saturated rings. The molecular formula is C26H30N6O2. The number of carbonyl (C=O) groups excluding carboxylic acids is 1. The summed E-state index contributed by atoms with van der Waals surface area (Å²) in [5.74, 6) is 0.0249. The first kappa shape index (κ1) is 21.4. The fourth-order valence-electron chi connectivity index (χ4n) is 5.49. The van der Waals surface area contributed by atoms with E-state index in [0.717, 1.165) is 45.6 Å². The minimum absolute atomic E-state index is 0.0676. The Bertz CT molecular complexity index is 1070. The lowest BCUT2D eigenvalue weighted by Gasteiger charge is -2.41. The number of hydrazone groups is 1. The first-order chi connectivity index (χ1) is 16.7. The van der Waals surface area contributed by atoms with E-state index in [9.17, 15) is 4.79 Å². The number of nitriles is 1. The van der Waals surface area contributed by atoms with Crippen molar-refractivity contribution < 1.29 is 9.53 Å². The zero-order valence-corrected chi connectivity index (χ0v) is 19.3. The van der Waals surface area contributed by atoms with Crippen LogP contribution >= 0.6 is 0 Å². The molecule has 1 N–H and O–H groups in total. The van der Waals surface area contributed by atoms with Crippen molar-refractivity contribution in [3.8, 4) is 6.07 Å². The van der Waals surface area contributed by atoms with Crippen molar-refractivity contribution in [1.82, 2.24) is 20.1 Å². The Kier molecular flexibility index (Phi) is 5.60. The molecule has 8 heteroatoms. The Labute approximate surface area is 200 Å². The molecule has 0 spiro atoms. The lowest BCUT2D eigenvalue weighted by molar-refractivity contribution is -0.134. The summed E-state index contributed by atoms with van der Waals surface area (Å²) >= 11 is 0. The van der Waals surface area contributed by atoms with Crippen molar-refractivity contribution in [3.05, 3.63) is 53.4 Å². The SMILES string of the molecule is N#C[C@H]1C[C@@H]1C(=O)N1CCN(C2=CC=NN3C=C(c4ccc(C5CNCCO5)cc4)CC23)CC1. The number of hydrogen-bond acceptors (Lipinski definition) is 7. The number of morpholine rings is 1. The summed E-state index contributed by atoms with van der Waals surface area (Å²) in [5, 5.41) is 19.1. The highest BCUT2D eigenvalue weighted by Crippen LogP contribution is 2.40. The van der Waals surface area contributed by atoms with Crippen LogP contribution in [0.25, 0.3) is 5.57 Å². The van der Waals surface area contributed by atoms with Gasteiger partial charge in [0.1, 0.15) is 0 Å². The van der Waals surface area contributed by atoms with Gasteiger partial charge >= 0.3 is 0 Å². The van der Waals surface area contributed by atoms with Crippen molar-refractivity contribution >= 4 is 17.7 Å². The highest BCUT2D eigenvalue weighted by molar-refractivity contribution is 5.82. The molecule has 6 rings (SSSR count). The van der Waals surface area contributed by atoms with Gasteiger partial charge in [0.15, 0.2) is 0 Å². The van der Waals surface area contributed by atoms with Gasteiger partial charge in [0.2, 0.25) is 5.91 Å². The zero-order valence-electron chi connectivity index (χ0n) is 19.3. The second kappa shape index (κ2) is 8.90. The Morgan fingerprint density at radius 1 is 1.18 bits per heavy atom. The third kappa shape index (κ3) is 3.99. The number of ether oxygens (including phenoxy) is 1. The quantitative estimate of drug-likeness (QED) is 0.743. The van der Waals surface area contributed by atoms with Gasteiger partial charge in [-0.3, -0.25) is 9.80 Å². The highest BCUT2D eigenvalue weighted by Gasteiger charge is 2.46. The highest BCUT2D eigenvalue weighted by atomic mass is 16.5. The van der Waals surface area contributed by atoms with E-state index in [1.54, 1.807) is 0 Å². The number of rotatable bonds is 4. The lowest BCUT2D eigenvalue weighted by Crippen LogP contribution is -2.51. The van der Waals surface area contributed by atoms with Gasteiger partial charge in [0.25, 0.3) is 0 Å². The third-order valence-electron chi connectivity index (χ3n) is 7.62.